The van der Waals surface area contributed by atoms with Crippen molar-refractivity contribution in [3.05, 3.63) is 30.7 Å². The Morgan fingerprint density at radius 2 is 2.06 bits per heavy atom. The molecule has 0 saturated carbocycles. The summed E-state index contributed by atoms with van der Waals surface area (Å²) in [7, 11) is 0. The van der Waals surface area contributed by atoms with Crippen molar-refractivity contribution < 1.29 is 9.15 Å². The predicted octanol–water partition coefficient (Wildman–Crippen LogP) is 3.11. The van der Waals surface area contributed by atoms with Crippen LogP contribution in [0.5, 0.6) is 5.75 Å². The second kappa shape index (κ2) is 6.03. The van der Waals surface area contributed by atoms with E-state index >= 15 is 0 Å². The van der Waals surface area contributed by atoms with Gasteiger partial charge in [-0.3, -0.25) is 0 Å². The van der Waals surface area contributed by atoms with Gasteiger partial charge in [0.2, 0.25) is 5.89 Å². The lowest BCUT2D eigenvalue weighted by atomic mass is 10.2. The Hall–Kier alpha value is -1.84. The summed E-state index contributed by atoms with van der Waals surface area (Å²) >= 11 is 0. The molecule has 0 fully saturated rings. The first-order valence-electron chi connectivity index (χ1n) is 5.83. The zero-order valence-electron chi connectivity index (χ0n) is 9.85. The van der Waals surface area contributed by atoms with Crippen LogP contribution < -0.4 is 4.74 Å². The van der Waals surface area contributed by atoms with Gasteiger partial charge >= 0.3 is 6.39 Å². The lowest BCUT2D eigenvalue weighted by molar-refractivity contribution is 0.306. The molecule has 1 aromatic carbocycles. The highest BCUT2D eigenvalue weighted by Gasteiger charge is 2.03. The largest absolute Gasteiger partial charge is 0.494 e. The molecular formula is C13H15N2O2. The van der Waals surface area contributed by atoms with Gasteiger partial charge in [-0.15, -0.1) is 10.2 Å². The molecule has 17 heavy (non-hydrogen) atoms. The van der Waals surface area contributed by atoms with Gasteiger partial charge in [-0.1, -0.05) is 19.8 Å². The summed E-state index contributed by atoms with van der Waals surface area (Å²) in [5, 5.41) is 7.31. The molecule has 0 N–H and O–H groups in total. The van der Waals surface area contributed by atoms with E-state index in [4.69, 9.17) is 9.15 Å². The molecule has 1 radical (unpaired) electrons. The van der Waals surface area contributed by atoms with Crippen molar-refractivity contribution in [3.63, 3.8) is 0 Å². The third kappa shape index (κ3) is 3.31. The first-order valence-corrected chi connectivity index (χ1v) is 5.83. The molecule has 0 unspecified atom stereocenters. The standard InChI is InChI=1S/C13H15N2O2/c1-2-3-4-9-16-12-7-5-11(6-8-12)13-15-14-10-17-13/h5-8H,2-4,9H2,1H3. The lowest BCUT2D eigenvalue weighted by Gasteiger charge is -2.05. The van der Waals surface area contributed by atoms with Crippen LogP contribution in [-0.2, 0) is 0 Å². The van der Waals surface area contributed by atoms with E-state index < -0.39 is 0 Å². The highest BCUT2D eigenvalue weighted by atomic mass is 16.5. The van der Waals surface area contributed by atoms with E-state index in [2.05, 4.69) is 23.5 Å². The summed E-state index contributed by atoms with van der Waals surface area (Å²) in [5.74, 6) is 1.34. The fraction of sp³-hybridized carbons (Fsp3) is 0.385. The van der Waals surface area contributed by atoms with Crippen LogP contribution in [0.4, 0.5) is 0 Å². The molecule has 1 heterocycles. The summed E-state index contributed by atoms with van der Waals surface area (Å²) < 4.78 is 10.6. The molecule has 0 spiro atoms. The van der Waals surface area contributed by atoms with Crippen molar-refractivity contribution in [3.8, 4) is 17.2 Å². The van der Waals surface area contributed by atoms with Gasteiger partial charge in [0, 0.05) is 5.56 Å². The number of hydrogen-bond acceptors (Lipinski definition) is 4. The highest BCUT2D eigenvalue weighted by Crippen LogP contribution is 2.20. The maximum atomic E-state index is 5.61. The van der Waals surface area contributed by atoms with Crippen molar-refractivity contribution in [1.29, 1.82) is 0 Å². The minimum atomic E-state index is 0.475. The second-order valence-electron chi connectivity index (χ2n) is 3.78. The van der Waals surface area contributed by atoms with Gasteiger partial charge in [0.1, 0.15) is 5.75 Å². The molecule has 2 aromatic rings. The number of nitrogens with zero attached hydrogens (tertiary/aromatic N) is 2. The molecule has 0 aliphatic rings. The summed E-state index contributed by atoms with van der Waals surface area (Å²) in [4.78, 5) is 0. The molecule has 1 aromatic heterocycles. The first kappa shape index (κ1) is 11.6. The molecule has 0 atom stereocenters. The van der Waals surface area contributed by atoms with E-state index in [1.807, 2.05) is 24.3 Å². The number of ether oxygens (including phenoxy) is 1. The van der Waals surface area contributed by atoms with Gasteiger partial charge in [-0.05, 0) is 30.7 Å². The Bertz CT molecular complexity index is 423. The third-order valence-electron chi connectivity index (χ3n) is 2.44. The normalized spacial score (nSPS) is 10.4. The maximum Gasteiger partial charge on any atom is 0.306 e. The molecule has 0 bridgehead atoms. The SMILES string of the molecule is CCCCCOc1ccc(-c2nn[c]o2)cc1. The van der Waals surface area contributed by atoms with Crippen LogP contribution in [0.25, 0.3) is 11.5 Å². The van der Waals surface area contributed by atoms with Gasteiger partial charge < -0.3 is 9.15 Å². The molecular weight excluding hydrogens is 216 g/mol. The van der Waals surface area contributed by atoms with E-state index in [0.29, 0.717) is 5.89 Å². The van der Waals surface area contributed by atoms with Gasteiger partial charge in [0.25, 0.3) is 0 Å². The predicted molar refractivity (Wildman–Crippen MR) is 63.6 cm³/mol. The fourth-order valence-electron chi connectivity index (χ4n) is 1.50. The molecule has 0 aliphatic heterocycles. The van der Waals surface area contributed by atoms with Gasteiger partial charge in [-0.25, -0.2) is 0 Å². The van der Waals surface area contributed by atoms with E-state index in [1.54, 1.807) is 0 Å². The van der Waals surface area contributed by atoms with Crippen LogP contribution in [0.1, 0.15) is 26.2 Å². The van der Waals surface area contributed by atoms with Crippen LogP contribution >= 0.6 is 0 Å². The van der Waals surface area contributed by atoms with Gasteiger partial charge in [-0.2, -0.15) is 0 Å². The molecule has 2 rings (SSSR count). The van der Waals surface area contributed by atoms with Crippen LogP contribution in [0.3, 0.4) is 0 Å². The topological polar surface area (TPSA) is 48.2 Å². The van der Waals surface area contributed by atoms with E-state index in [-0.39, 0.29) is 0 Å². The molecule has 0 aliphatic carbocycles. The Kier molecular flexibility index (Phi) is 4.13. The monoisotopic (exact) mass is 231 g/mol. The first-order chi connectivity index (χ1) is 8.40. The molecule has 0 amide bonds. The minimum absolute atomic E-state index is 0.475. The van der Waals surface area contributed by atoms with E-state index in [0.717, 1.165) is 24.3 Å². The molecule has 89 valence electrons. The Balaban J connectivity index is 1.90. The van der Waals surface area contributed by atoms with E-state index in [9.17, 15) is 0 Å². The van der Waals surface area contributed by atoms with Crippen molar-refractivity contribution in [2.75, 3.05) is 6.61 Å². The third-order valence-corrected chi connectivity index (χ3v) is 2.44. The van der Waals surface area contributed by atoms with E-state index in [1.165, 1.54) is 12.8 Å². The zero-order chi connectivity index (χ0) is 11.9. The quantitative estimate of drug-likeness (QED) is 0.717. The lowest BCUT2D eigenvalue weighted by Crippen LogP contribution is -1.96. The van der Waals surface area contributed by atoms with Gasteiger partial charge in [0.15, 0.2) is 0 Å². The van der Waals surface area contributed by atoms with Crippen LogP contribution in [0.15, 0.2) is 28.7 Å². The number of hydrogen-bond donors (Lipinski definition) is 0. The van der Waals surface area contributed by atoms with Crippen LogP contribution in [0.2, 0.25) is 0 Å². The van der Waals surface area contributed by atoms with Crippen LogP contribution in [-0.4, -0.2) is 16.8 Å². The van der Waals surface area contributed by atoms with Crippen molar-refractivity contribution in [2.24, 2.45) is 0 Å². The number of rotatable bonds is 6. The number of aromatic nitrogens is 2. The molecule has 0 saturated heterocycles. The maximum absolute atomic E-state index is 5.61. The van der Waals surface area contributed by atoms with Crippen molar-refractivity contribution in [1.82, 2.24) is 10.2 Å². The number of unbranched alkanes of at least 4 members (excludes halogenated alkanes) is 2. The Labute approximate surface area is 101 Å². The van der Waals surface area contributed by atoms with Gasteiger partial charge in [0.05, 0.1) is 6.61 Å². The fourth-order valence-corrected chi connectivity index (χ4v) is 1.50. The molecule has 4 heteroatoms. The van der Waals surface area contributed by atoms with Crippen molar-refractivity contribution in [2.45, 2.75) is 26.2 Å². The Morgan fingerprint density at radius 1 is 1.24 bits per heavy atom. The molecule has 4 nitrogen and oxygen atoms in total. The Morgan fingerprint density at radius 3 is 2.71 bits per heavy atom. The van der Waals surface area contributed by atoms with Crippen molar-refractivity contribution >= 4 is 0 Å². The highest BCUT2D eigenvalue weighted by molar-refractivity contribution is 5.53. The summed E-state index contributed by atoms with van der Waals surface area (Å²) in [6.07, 6.45) is 5.83. The average molecular weight is 231 g/mol. The smallest absolute Gasteiger partial charge is 0.306 e. The second-order valence-corrected chi connectivity index (χ2v) is 3.78. The summed E-state index contributed by atoms with van der Waals surface area (Å²) in [6, 6.07) is 7.62. The number of benzene rings is 1. The minimum Gasteiger partial charge on any atom is -0.494 e. The summed E-state index contributed by atoms with van der Waals surface area (Å²) in [5.41, 5.74) is 0.875. The zero-order valence-corrected chi connectivity index (χ0v) is 9.85. The summed E-state index contributed by atoms with van der Waals surface area (Å²) in [6.45, 7) is 2.94. The average Bonchev–Trinajstić information content (AvgIpc) is 2.89. The van der Waals surface area contributed by atoms with Crippen LogP contribution in [0, 0.1) is 6.39 Å².